The summed E-state index contributed by atoms with van der Waals surface area (Å²) in [5.74, 6) is -0.0361. The first kappa shape index (κ1) is 10.3. The van der Waals surface area contributed by atoms with E-state index in [2.05, 4.69) is 27.3 Å². The van der Waals surface area contributed by atoms with Crippen molar-refractivity contribution in [2.45, 2.75) is 19.2 Å². The lowest BCUT2D eigenvalue weighted by Crippen LogP contribution is -2.07. The van der Waals surface area contributed by atoms with Gasteiger partial charge in [-0.25, -0.2) is 0 Å². The standard InChI is InChI=1S/C10H12BrNO/c1-7-3-4-10(12-8(2)13)9(5-7)6-11/h3-5H,6H2,1-2H3,(H,12,13). The summed E-state index contributed by atoms with van der Waals surface area (Å²) in [7, 11) is 0. The highest BCUT2D eigenvalue weighted by Crippen LogP contribution is 2.19. The fraction of sp³-hybridized carbons (Fsp3) is 0.300. The first-order valence-electron chi connectivity index (χ1n) is 4.06. The van der Waals surface area contributed by atoms with Crippen LogP contribution in [0.4, 0.5) is 5.69 Å². The second kappa shape index (κ2) is 4.42. The Labute approximate surface area is 86.5 Å². The van der Waals surface area contributed by atoms with Crippen LogP contribution in [0.25, 0.3) is 0 Å². The van der Waals surface area contributed by atoms with Gasteiger partial charge in [-0.05, 0) is 18.6 Å². The van der Waals surface area contributed by atoms with Gasteiger partial charge in [-0.1, -0.05) is 33.6 Å². The van der Waals surface area contributed by atoms with Crippen molar-refractivity contribution in [3.8, 4) is 0 Å². The lowest BCUT2D eigenvalue weighted by atomic mass is 10.1. The van der Waals surface area contributed by atoms with Crippen molar-refractivity contribution in [1.29, 1.82) is 0 Å². The number of aryl methyl sites for hydroxylation is 1. The molecule has 2 nitrogen and oxygen atoms in total. The molecule has 0 spiro atoms. The lowest BCUT2D eigenvalue weighted by Gasteiger charge is -2.08. The Balaban J connectivity index is 2.99. The second-order valence-corrected chi connectivity index (χ2v) is 3.54. The second-order valence-electron chi connectivity index (χ2n) is 2.98. The summed E-state index contributed by atoms with van der Waals surface area (Å²) in [5.41, 5.74) is 3.19. The largest absolute Gasteiger partial charge is 0.326 e. The molecule has 0 radical (unpaired) electrons. The smallest absolute Gasteiger partial charge is 0.221 e. The third-order valence-corrected chi connectivity index (χ3v) is 2.32. The Hall–Kier alpha value is -0.830. The maximum Gasteiger partial charge on any atom is 0.221 e. The fourth-order valence-electron chi connectivity index (χ4n) is 1.14. The number of hydrogen-bond acceptors (Lipinski definition) is 1. The fourth-order valence-corrected chi connectivity index (χ4v) is 1.61. The van der Waals surface area contributed by atoms with Crippen LogP contribution in [0.15, 0.2) is 18.2 Å². The summed E-state index contributed by atoms with van der Waals surface area (Å²) in [5, 5.41) is 3.54. The Morgan fingerprint density at radius 2 is 2.23 bits per heavy atom. The van der Waals surface area contributed by atoms with E-state index in [1.165, 1.54) is 12.5 Å². The van der Waals surface area contributed by atoms with Gasteiger partial charge in [0.1, 0.15) is 0 Å². The molecule has 0 bridgehead atoms. The van der Waals surface area contributed by atoms with Gasteiger partial charge in [-0.2, -0.15) is 0 Å². The molecule has 1 aromatic carbocycles. The average Bonchev–Trinajstić information content (AvgIpc) is 2.07. The highest BCUT2D eigenvalue weighted by Gasteiger charge is 2.02. The number of anilines is 1. The van der Waals surface area contributed by atoms with Crippen LogP contribution in [0.1, 0.15) is 18.1 Å². The van der Waals surface area contributed by atoms with Crippen LogP contribution in [0.5, 0.6) is 0 Å². The number of carbonyl (C=O) groups excluding carboxylic acids is 1. The molecule has 0 saturated heterocycles. The van der Waals surface area contributed by atoms with E-state index in [0.29, 0.717) is 0 Å². The molecule has 13 heavy (non-hydrogen) atoms. The topological polar surface area (TPSA) is 29.1 Å². The summed E-state index contributed by atoms with van der Waals surface area (Å²) in [6.07, 6.45) is 0. The van der Waals surface area contributed by atoms with Gasteiger partial charge in [0.15, 0.2) is 0 Å². The molecule has 70 valence electrons. The minimum atomic E-state index is -0.0361. The number of hydrogen-bond donors (Lipinski definition) is 1. The first-order chi connectivity index (χ1) is 6.13. The molecule has 0 aliphatic rings. The zero-order valence-corrected chi connectivity index (χ0v) is 9.31. The van der Waals surface area contributed by atoms with Crippen molar-refractivity contribution in [1.82, 2.24) is 0 Å². The highest BCUT2D eigenvalue weighted by molar-refractivity contribution is 9.08. The molecule has 1 amide bonds. The van der Waals surface area contributed by atoms with Crippen LogP contribution in [0, 0.1) is 6.92 Å². The minimum absolute atomic E-state index is 0.0361. The Morgan fingerprint density at radius 3 is 2.77 bits per heavy atom. The Morgan fingerprint density at radius 1 is 1.54 bits per heavy atom. The van der Waals surface area contributed by atoms with E-state index in [9.17, 15) is 4.79 Å². The third kappa shape index (κ3) is 2.84. The minimum Gasteiger partial charge on any atom is -0.326 e. The van der Waals surface area contributed by atoms with E-state index in [1.807, 2.05) is 19.1 Å². The summed E-state index contributed by atoms with van der Waals surface area (Å²) < 4.78 is 0. The normalized spacial score (nSPS) is 9.77. The number of rotatable bonds is 2. The van der Waals surface area contributed by atoms with Crippen molar-refractivity contribution in [3.63, 3.8) is 0 Å². The van der Waals surface area contributed by atoms with Gasteiger partial charge in [-0.3, -0.25) is 4.79 Å². The van der Waals surface area contributed by atoms with Crippen LogP contribution in [0.3, 0.4) is 0 Å². The van der Waals surface area contributed by atoms with Crippen molar-refractivity contribution >= 4 is 27.5 Å². The maximum absolute atomic E-state index is 10.8. The van der Waals surface area contributed by atoms with Gasteiger partial charge in [0.2, 0.25) is 5.91 Å². The number of halogens is 1. The van der Waals surface area contributed by atoms with E-state index in [-0.39, 0.29) is 5.91 Å². The molecule has 0 aliphatic carbocycles. The summed E-state index contributed by atoms with van der Waals surface area (Å²) in [4.78, 5) is 10.8. The van der Waals surface area contributed by atoms with Gasteiger partial charge in [0.05, 0.1) is 0 Å². The molecule has 0 fully saturated rings. The molecule has 3 heteroatoms. The van der Waals surface area contributed by atoms with Crippen LogP contribution in [0.2, 0.25) is 0 Å². The molecular weight excluding hydrogens is 230 g/mol. The van der Waals surface area contributed by atoms with Crippen molar-refractivity contribution in [3.05, 3.63) is 29.3 Å². The van der Waals surface area contributed by atoms with Crippen LogP contribution < -0.4 is 5.32 Å². The molecule has 0 unspecified atom stereocenters. The van der Waals surface area contributed by atoms with Crippen molar-refractivity contribution in [2.24, 2.45) is 0 Å². The monoisotopic (exact) mass is 241 g/mol. The highest BCUT2D eigenvalue weighted by atomic mass is 79.9. The van der Waals surface area contributed by atoms with Crippen LogP contribution in [-0.4, -0.2) is 5.91 Å². The van der Waals surface area contributed by atoms with Gasteiger partial charge in [0, 0.05) is 17.9 Å². The number of carbonyl (C=O) groups is 1. The molecule has 0 saturated carbocycles. The van der Waals surface area contributed by atoms with Crippen molar-refractivity contribution < 1.29 is 4.79 Å². The molecule has 0 aromatic heterocycles. The van der Waals surface area contributed by atoms with E-state index >= 15 is 0 Å². The number of nitrogens with one attached hydrogen (secondary N) is 1. The van der Waals surface area contributed by atoms with E-state index in [0.717, 1.165) is 16.6 Å². The lowest BCUT2D eigenvalue weighted by molar-refractivity contribution is -0.114. The molecule has 1 N–H and O–H groups in total. The predicted octanol–water partition coefficient (Wildman–Crippen LogP) is 2.85. The summed E-state index contributed by atoms with van der Waals surface area (Å²) >= 11 is 3.38. The SMILES string of the molecule is CC(=O)Nc1ccc(C)cc1CBr. The van der Waals surface area contributed by atoms with Crippen LogP contribution in [-0.2, 0) is 10.1 Å². The quantitative estimate of drug-likeness (QED) is 0.794. The summed E-state index contributed by atoms with van der Waals surface area (Å²) in [6.45, 7) is 3.54. The van der Waals surface area contributed by atoms with E-state index in [1.54, 1.807) is 0 Å². The van der Waals surface area contributed by atoms with Gasteiger partial charge in [0.25, 0.3) is 0 Å². The molecule has 1 aromatic rings. The summed E-state index contributed by atoms with van der Waals surface area (Å²) in [6, 6.07) is 5.96. The third-order valence-electron chi connectivity index (χ3n) is 1.72. The number of alkyl halides is 1. The Kier molecular flexibility index (Phi) is 3.48. The predicted molar refractivity (Wildman–Crippen MR) is 58.1 cm³/mol. The van der Waals surface area contributed by atoms with Gasteiger partial charge >= 0.3 is 0 Å². The molecule has 1 rings (SSSR count). The molecule has 0 atom stereocenters. The molecule has 0 heterocycles. The van der Waals surface area contributed by atoms with Crippen molar-refractivity contribution in [2.75, 3.05) is 5.32 Å². The number of benzene rings is 1. The number of amides is 1. The van der Waals surface area contributed by atoms with E-state index < -0.39 is 0 Å². The maximum atomic E-state index is 10.8. The van der Waals surface area contributed by atoms with Gasteiger partial charge < -0.3 is 5.32 Å². The zero-order chi connectivity index (χ0) is 9.84. The Bertz CT molecular complexity index is 323. The average molecular weight is 242 g/mol. The molecular formula is C10H12BrNO. The first-order valence-corrected chi connectivity index (χ1v) is 5.18. The molecule has 0 aliphatic heterocycles. The van der Waals surface area contributed by atoms with Gasteiger partial charge in [-0.15, -0.1) is 0 Å². The zero-order valence-electron chi connectivity index (χ0n) is 7.73. The van der Waals surface area contributed by atoms with Crippen LogP contribution >= 0.6 is 15.9 Å². The van der Waals surface area contributed by atoms with E-state index in [4.69, 9.17) is 0 Å².